The van der Waals surface area contributed by atoms with Gasteiger partial charge in [-0.15, -0.1) is 0 Å². The van der Waals surface area contributed by atoms with E-state index in [-0.39, 0.29) is 12.5 Å². The van der Waals surface area contributed by atoms with Crippen LogP contribution in [-0.2, 0) is 4.79 Å². The molecular formula is C16H23ClN2O2. The van der Waals surface area contributed by atoms with Crippen LogP contribution in [0.5, 0.6) is 0 Å². The van der Waals surface area contributed by atoms with Gasteiger partial charge in [0.15, 0.2) is 0 Å². The van der Waals surface area contributed by atoms with Gasteiger partial charge in [-0.1, -0.05) is 24.1 Å². The highest BCUT2D eigenvalue weighted by atomic mass is 35.5. The molecule has 1 aromatic rings. The third kappa shape index (κ3) is 4.70. The Bertz CT molecular complexity index is 491. The van der Waals surface area contributed by atoms with Gasteiger partial charge in [-0.25, -0.2) is 0 Å². The van der Waals surface area contributed by atoms with Crippen molar-refractivity contribution in [1.29, 1.82) is 0 Å². The van der Waals surface area contributed by atoms with Crippen LogP contribution < -0.4 is 5.32 Å². The van der Waals surface area contributed by atoms with Gasteiger partial charge in [0.05, 0.1) is 6.54 Å². The smallest absolute Gasteiger partial charge is 0.238 e. The number of amides is 1. The van der Waals surface area contributed by atoms with Gasteiger partial charge in [-0.05, 0) is 50.4 Å². The summed E-state index contributed by atoms with van der Waals surface area (Å²) in [6.07, 6.45) is 4.09. The molecule has 1 aromatic carbocycles. The molecule has 0 bridgehead atoms. The summed E-state index contributed by atoms with van der Waals surface area (Å²) in [6.45, 7) is 3.40. The maximum absolute atomic E-state index is 12.2. The third-order valence-electron chi connectivity index (χ3n) is 4.01. The number of nitrogens with zero attached hydrogens (tertiary/aromatic N) is 1. The standard InChI is InChI=1S/C16H23ClN2O2/c1-12-5-6-13(10-15(12)17)18-16(21)11-19-8-3-2-4-14(19)7-9-20/h5-6,10,14,20H,2-4,7-9,11H2,1H3,(H,18,21). The van der Waals surface area contributed by atoms with E-state index in [1.807, 2.05) is 19.1 Å². The molecule has 5 heteroatoms. The second kappa shape index (κ2) is 7.78. The maximum atomic E-state index is 12.2. The second-order valence-corrected chi connectivity index (χ2v) is 6.05. The molecule has 2 rings (SSSR count). The van der Waals surface area contributed by atoms with E-state index in [9.17, 15) is 4.79 Å². The molecule has 0 aliphatic carbocycles. The molecule has 2 N–H and O–H groups in total. The summed E-state index contributed by atoms with van der Waals surface area (Å²) in [5.41, 5.74) is 1.72. The van der Waals surface area contributed by atoms with Crippen molar-refractivity contribution in [2.45, 2.75) is 38.6 Å². The number of carbonyl (C=O) groups excluding carboxylic acids is 1. The van der Waals surface area contributed by atoms with Crippen molar-refractivity contribution in [3.05, 3.63) is 28.8 Å². The second-order valence-electron chi connectivity index (χ2n) is 5.64. The highest BCUT2D eigenvalue weighted by Crippen LogP contribution is 2.21. The average Bonchev–Trinajstić information content (AvgIpc) is 2.45. The molecule has 1 aliphatic rings. The van der Waals surface area contributed by atoms with E-state index in [1.165, 1.54) is 6.42 Å². The Morgan fingerprint density at radius 1 is 1.48 bits per heavy atom. The molecule has 116 valence electrons. The Kier molecular flexibility index (Phi) is 6.03. The SMILES string of the molecule is Cc1ccc(NC(=O)CN2CCCCC2CCO)cc1Cl. The van der Waals surface area contributed by atoms with E-state index in [4.69, 9.17) is 16.7 Å². The number of nitrogens with one attached hydrogen (secondary N) is 1. The first-order valence-corrected chi connectivity index (χ1v) is 7.89. The summed E-state index contributed by atoms with van der Waals surface area (Å²) in [7, 11) is 0. The van der Waals surface area contributed by atoms with Crippen molar-refractivity contribution >= 4 is 23.2 Å². The highest BCUT2D eigenvalue weighted by Gasteiger charge is 2.23. The van der Waals surface area contributed by atoms with Gasteiger partial charge in [-0.2, -0.15) is 0 Å². The molecule has 1 heterocycles. The molecule has 1 atom stereocenters. The molecule has 4 nitrogen and oxygen atoms in total. The molecule has 0 aromatic heterocycles. The number of aryl methyl sites for hydroxylation is 1. The van der Waals surface area contributed by atoms with Gasteiger partial charge in [0, 0.05) is 23.4 Å². The minimum Gasteiger partial charge on any atom is -0.396 e. The van der Waals surface area contributed by atoms with E-state index in [1.54, 1.807) is 6.07 Å². The fourth-order valence-corrected chi connectivity index (χ4v) is 2.98. The molecule has 1 unspecified atom stereocenters. The number of anilines is 1. The van der Waals surface area contributed by atoms with Gasteiger partial charge in [0.2, 0.25) is 5.91 Å². The summed E-state index contributed by atoms with van der Waals surface area (Å²) in [5.74, 6) is -0.0280. The fourth-order valence-electron chi connectivity index (χ4n) is 2.80. The van der Waals surface area contributed by atoms with Crippen LogP contribution >= 0.6 is 11.6 Å². The lowest BCUT2D eigenvalue weighted by atomic mass is 9.99. The monoisotopic (exact) mass is 310 g/mol. The van der Waals surface area contributed by atoms with Crippen molar-refractivity contribution in [2.75, 3.05) is 25.0 Å². The lowest BCUT2D eigenvalue weighted by Crippen LogP contribution is -2.44. The van der Waals surface area contributed by atoms with Crippen LogP contribution in [0.4, 0.5) is 5.69 Å². The van der Waals surface area contributed by atoms with Gasteiger partial charge in [-0.3, -0.25) is 9.69 Å². The molecule has 1 fully saturated rings. The normalized spacial score (nSPS) is 19.5. The largest absolute Gasteiger partial charge is 0.396 e. The van der Waals surface area contributed by atoms with Crippen LogP contribution in [0.25, 0.3) is 0 Å². The van der Waals surface area contributed by atoms with Crippen molar-refractivity contribution in [3.8, 4) is 0 Å². The van der Waals surface area contributed by atoms with Crippen LogP contribution in [0.2, 0.25) is 5.02 Å². The van der Waals surface area contributed by atoms with Crippen LogP contribution in [0, 0.1) is 6.92 Å². The number of aliphatic hydroxyl groups excluding tert-OH is 1. The Morgan fingerprint density at radius 2 is 2.29 bits per heavy atom. The van der Waals surface area contributed by atoms with Crippen molar-refractivity contribution in [2.24, 2.45) is 0 Å². The van der Waals surface area contributed by atoms with Crippen LogP contribution in [-0.4, -0.2) is 41.7 Å². The molecule has 21 heavy (non-hydrogen) atoms. The maximum Gasteiger partial charge on any atom is 0.238 e. The Morgan fingerprint density at radius 3 is 3.00 bits per heavy atom. The summed E-state index contributed by atoms with van der Waals surface area (Å²) >= 11 is 6.06. The number of hydrogen-bond acceptors (Lipinski definition) is 3. The molecule has 0 saturated carbocycles. The van der Waals surface area contributed by atoms with E-state index >= 15 is 0 Å². The minimum atomic E-state index is -0.0280. The predicted octanol–water partition coefficient (Wildman–Crippen LogP) is 2.82. The Hall–Kier alpha value is -1.10. The number of carbonyl (C=O) groups is 1. The molecular weight excluding hydrogens is 288 g/mol. The van der Waals surface area contributed by atoms with Crippen molar-refractivity contribution in [3.63, 3.8) is 0 Å². The predicted molar refractivity (Wildman–Crippen MR) is 85.7 cm³/mol. The first-order chi connectivity index (χ1) is 10.1. The van der Waals surface area contributed by atoms with Crippen LogP contribution in [0.15, 0.2) is 18.2 Å². The summed E-state index contributed by atoms with van der Waals surface area (Å²) in [6, 6.07) is 5.85. The van der Waals surface area contributed by atoms with E-state index in [0.29, 0.717) is 17.6 Å². The fraction of sp³-hybridized carbons (Fsp3) is 0.562. The average molecular weight is 311 g/mol. The first-order valence-electron chi connectivity index (χ1n) is 7.51. The summed E-state index contributed by atoms with van der Waals surface area (Å²) in [4.78, 5) is 14.3. The number of piperidine rings is 1. The highest BCUT2D eigenvalue weighted by molar-refractivity contribution is 6.31. The molecule has 0 spiro atoms. The summed E-state index contributed by atoms with van der Waals surface area (Å²) < 4.78 is 0. The molecule has 0 radical (unpaired) electrons. The van der Waals surface area contributed by atoms with Gasteiger partial charge in [0.1, 0.15) is 0 Å². The van der Waals surface area contributed by atoms with Gasteiger partial charge < -0.3 is 10.4 Å². The lowest BCUT2D eigenvalue weighted by molar-refractivity contribution is -0.118. The van der Waals surface area contributed by atoms with Crippen molar-refractivity contribution < 1.29 is 9.90 Å². The first kappa shape index (κ1) is 16.3. The number of halogens is 1. The number of likely N-dealkylation sites (tertiary alicyclic amines) is 1. The Labute approximate surface area is 131 Å². The minimum absolute atomic E-state index is 0.0280. The van der Waals surface area contributed by atoms with E-state index in [0.717, 1.165) is 37.1 Å². The van der Waals surface area contributed by atoms with Gasteiger partial charge >= 0.3 is 0 Å². The number of hydrogen-bond donors (Lipinski definition) is 2. The van der Waals surface area contributed by atoms with E-state index in [2.05, 4.69) is 10.2 Å². The zero-order valence-corrected chi connectivity index (χ0v) is 13.2. The van der Waals surface area contributed by atoms with E-state index < -0.39 is 0 Å². The molecule has 1 amide bonds. The van der Waals surface area contributed by atoms with Crippen LogP contribution in [0.3, 0.4) is 0 Å². The van der Waals surface area contributed by atoms with Gasteiger partial charge in [0.25, 0.3) is 0 Å². The zero-order chi connectivity index (χ0) is 15.2. The number of aliphatic hydroxyl groups is 1. The number of rotatable bonds is 5. The third-order valence-corrected chi connectivity index (χ3v) is 4.42. The lowest BCUT2D eigenvalue weighted by Gasteiger charge is -2.34. The molecule has 1 saturated heterocycles. The number of benzene rings is 1. The van der Waals surface area contributed by atoms with Crippen molar-refractivity contribution in [1.82, 2.24) is 4.90 Å². The molecule has 1 aliphatic heterocycles. The quantitative estimate of drug-likeness (QED) is 0.879. The van der Waals surface area contributed by atoms with Crippen LogP contribution in [0.1, 0.15) is 31.2 Å². The Balaban J connectivity index is 1.92. The topological polar surface area (TPSA) is 52.6 Å². The summed E-state index contributed by atoms with van der Waals surface area (Å²) in [5, 5.41) is 12.7. The zero-order valence-electron chi connectivity index (χ0n) is 12.4.